The second-order valence-electron chi connectivity index (χ2n) is 9.54. The topological polar surface area (TPSA) is 62.5 Å². The summed E-state index contributed by atoms with van der Waals surface area (Å²) < 4.78 is 5.45. The van der Waals surface area contributed by atoms with Crippen LogP contribution in [0.1, 0.15) is 76.9 Å². The van der Waals surface area contributed by atoms with Crippen molar-refractivity contribution in [2.75, 3.05) is 19.6 Å². The molecular formula is C22H36N4O2. The quantitative estimate of drug-likeness (QED) is 0.744. The molecule has 1 aliphatic carbocycles. The molecule has 2 aliphatic heterocycles. The van der Waals surface area contributed by atoms with Crippen molar-refractivity contribution in [3.63, 3.8) is 0 Å². The van der Waals surface area contributed by atoms with Crippen molar-refractivity contribution in [2.45, 2.75) is 84.2 Å². The van der Waals surface area contributed by atoms with Crippen molar-refractivity contribution < 1.29 is 9.32 Å². The number of hydrogen-bond donors (Lipinski definition) is 0. The third-order valence-electron chi connectivity index (χ3n) is 6.65. The predicted molar refractivity (Wildman–Crippen MR) is 108 cm³/mol. The first-order valence-corrected chi connectivity index (χ1v) is 11.4. The van der Waals surface area contributed by atoms with Crippen LogP contribution < -0.4 is 0 Å². The fourth-order valence-corrected chi connectivity index (χ4v) is 4.95. The van der Waals surface area contributed by atoms with E-state index in [0.29, 0.717) is 29.7 Å². The molecule has 3 fully saturated rings. The molecule has 6 heteroatoms. The second kappa shape index (κ2) is 8.93. The SMILES string of the molecule is CC(C)Cc1noc(CN2CCC(C3CCCCCN3C(=O)C3CC3)CC2)n1. The van der Waals surface area contributed by atoms with Gasteiger partial charge in [0.2, 0.25) is 11.8 Å². The van der Waals surface area contributed by atoms with Gasteiger partial charge in [0.05, 0.1) is 6.54 Å². The second-order valence-corrected chi connectivity index (χ2v) is 9.54. The van der Waals surface area contributed by atoms with Gasteiger partial charge in [0.1, 0.15) is 0 Å². The van der Waals surface area contributed by atoms with Crippen LogP contribution in [0, 0.1) is 17.8 Å². The van der Waals surface area contributed by atoms with Gasteiger partial charge in [-0.15, -0.1) is 0 Å². The van der Waals surface area contributed by atoms with Crippen LogP contribution in [0.4, 0.5) is 0 Å². The highest BCUT2D eigenvalue weighted by Gasteiger charge is 2.39. The molecule has 1 amide bonds. The van der Waals surface area contributed by atoms with Gasteiger partial charge in [0.15, 0.2) is 5.82 Å². The van der Waals surface area contributed by atoms with E-state index in [4.69, 9.17) is 4.52 Å². The molecule has 1 aromatic heterocycles. The third kappa shape index (κ3) is 4.94. The molecule has 0 spiro atoms. The highest BCUT2D eigenvalue weighted by atomic mass is 16.5. The lowest BCUT2D eigenvalue weighted by atomic mass is 9.86. The molecule has 156 valence electrons. The zero-order valence-corrected chi connectivity index (χ0v) is 17.6. The number of nitrogens with zero attached hydrogens (tertiary/aromatic N) is 4. The Morgan fingerprint density at radius 1 is 1.07 bits per heavy atom. The van der Waals surface area contributed by atoms with Crippen molar-refractivity contribution in [3.05, 3.63) is 11.7 Å². The minimum atomic E-state index is 0.346. The summed E-state index contributed by atoms with van der Waals surface area (Å²) >= 11 is 0. The molecular weight excluding hydrogens is 352 g/mol. The number of carbonyl (C=O) groups excluding carboxylic acids is 1. The van der Waals surface area contributed by atoms with E-state index in [0.717, 1.165) is 57.2 Å². The van der Waals surface area contributed by atoms with Gasteiger partial charge in [0.25, 0.3) is 0 Å². The van der Waals surface area contributed by atoms with Gasteiger partial charge in [-0.3, -0.25) is 9.69 Å². The fraction of sp³-hybridized carbons (Fsp3) is 0.864. The maximum Gasteiger partial charge on any atom is 0.240 e. The van der Waals surface area contributed by atoms with E-state index in [2.05, 4.69) is 33.8 Å². The molecule has 3 heterocycles. The summed E-state index contributed by atoms with van der Waals surface area (Å²) in [6, 6.07) is 0.471. The van der Waals surface area contributed by atoms with Gasteiger partial charge in [0, 0.05) is 24.9 Å². The number of likely N-dealkylation sites (tertiary alicyclic amines) is 2. The van der Waals surface area contributed by atoms with Crippen LogP contribution in [-0.2, 0) is 17.8 Å². The molecule has 2 saturated heterocycles. The molecule has 0 aromatic carbocycles. The highest BCUT2D eigenvalue weighted by molar-refractivity contribution is 5.81. The number of amides is 1. The first-order valence-electron chi connectivity index (χ1n) is 11.4. The van der Waals surface area contributed by atoms with Crippen LogP contribution in [0.3, 0.4) is 0 Å². The molecule has 1 atom stereocenters. The maximum absolute atomic E-state index is 12.8. The minimum Gasteiger partial charge on any atom is -0.339 e. The molecule has 1 aromatic rings. The van der Waals surface area contributed by atoms with Crippen molar-refractivity contribution in [1.29, 1.82) is 0 Å². The van der Waals surface area contributed by atoms with Gasteiger partial charge in [-0.1, -0.05) is 31.8 Å². The van der Waals surface area contributed by atoms with Crippen molar-refractivity contribution in [1.82, 2.24) is 19.9 Å². The average Bonchev–Trinajstić information content (AvgIpc) is 3.47. The summed E-state index contributed by atoms with van der Waals surface area (Å²) in [7, 11) is 0. The van der Waals surface area contributed by atoms with E-state index >= 15 is 0 Å². The Hall–Kier alpha value is -1.43. The van der Waals surface area contributed by atoms with Crippen LogP contribution in [-0.4, -0.2) is 51.5 Å². The third-order valence-corrected chi connectivity index (χ3v) is 6.65. The lowest BCUT2D eigenvalue weighted by Crippen LogP contribution is -2.48. The predicted octanol–water partition coefficient (Wildman–Crippen LogP) is 3.66. The summed E-state index contributed by atoms with van der Waals surface area (Å²) in [4.78, 5) is 22.1. The van der Waals surface area contributed by atoms with Gasteiger partial charge in [-0.05, 0) is 63.5 Å². The number of aromatic nitrogens is 2. The molecule has 3 aliphatic rings. The number of rotatable bonds is 6. The van der Waals surface area contributed by atoms with E-state index in [-0.39, 0.29) is 0 Å². The van der Waals surface area contributed by atoms with Gasteiger partial charge in [-0.2, -0.15) is 4.98 Å². The summed E-state index contributed by atoms with van der Waals surface area (Å²) in [5, 5.41) is 4.12. The summed E-state index contributed by atoms with van der Waals surface area (Å²) in [6.07, 6.45) is 10.4. The van der Waals surface area contributed by atoms with Crippen LogP contribution in [0.15, 0.2) is 4.52 Å². The van der Waals surface area contributed by atoms with Crippen LogP contribution >= 0.6 is 0 Å². The van der Waals surface area contributed by atoms with E-state index in [9.17, 15) is 4.79 Å². The van der Waals surface area contributed by atoms with Crippen LogP contribution in [0.25, 0.3) is 0 Å². The van der Waals surface area contributed by atoms with E-state index in [1.165, 1.54) is 38.5 Å². The van der Waals surface area contributed by atoms with Crippen molar-refractivity contribution in [3.8, 4) is 0 Å². The van der Waals surface area contributed by atoms with E-state index in [1.54, 1.807) is 0 Å². The van der Waals surface area contributed by atoms with Crippen LogP contribution in [0.2, 0.25) is 0 Å². The smallest absolute Gasteiger partial charge is 0.240 e. The Morgan fingerprint density at radius 2 is 1.86 bits per heavy atom. The minimum absolute atomic E-state index is 0.346. The zero-order valence-electron chi connectivity index (χ0n) is 17.6. The lowest BCUT2D eigenvalue weighted by Gasteiger charge is -2.40. The van der Waals surface area contributed by atoms with Crippen molar-refractivity contribution in [2.24, 2.45) is 17.8 Å². The Morgan fingerprint density at radius 3 is 2.57 bits per heavy atom. The molecule has 1 saturated carbocycles. The molecule has 6 nitrogen and oxygen atoms in total. The number of hydrogen-bond acceptors (Lipinski definition) is 5. The first-order chi connectivity index (χ1) is 13.6. The lowest BCUT2D eigenvalue weighted by molar-refractivity contribution is -0.136. The van der Waals surface area contributed by atoms with E-state index < -0.39 is 0 Å². The molecule has 0 bridgehead atoms. The molecule has 28 heavy (non-hydrogen) atoms. The molecule has 0 N–H and O–H groups in total. The largest absolute Gasteiger partial charge is 0.339 e. The molecule has 1 unspecified atom stereocenters. The Labute approximate surface area is 169 Å². The standard InChI is InChI=1S/C22H36N4O2/c1-16(2)14-20-23-21(28-24-20)15-25-12-9-17(10-13-25)19-6-4-3-5-11-26(19)22(27)18-7-8-18/h16-19H,3-15H2,1-2H3. The Balaban J connectivity index is 1.31. The van der Waals surface area contributed by atoms with E-state index in [1.807, 2.05) is 0 Å². The summed E-state index contributed by atoms with van der Waals surface area (Å²) in [5.41, 5.74) is 0. The average molecular weight is 389 g/mol. The monoisotopic (exact) mass is 388 g/mol. The Kier molecular flexibility index (Phi) is 6.34. The molecule has 4 rings (SSSR count). The van der Waals surface area contributed by atoms with Crippen molar-refractivity contribution >= 4 is 5.91 Å². The number of carbonyl (C=O) groups is 1. The number of piperidine rings is 1. The fourth-order valence-electron chi connectivity index (χ4n) is 4.95. The van der Waals surface area contributed by atoms with Gasteiger partial charge < -0.3 is 9.42 Å². The molecule has 0 radical (unpaired) electrons. The van der Waals surface area contributed by atoms with Gasteiger partial charge in [-0.25, -0.2) is 0 Å². The normalized spacial score (nSPS) is 25.2. The maximum atomic E-state index is 12.8. The zero-order chi connectivity index (χ0) is 19.5. The van der Waals surface area contributed by atoms with Crippen LogP contribution in [0.5, 0.6) is 0 Å². The first kappa shape index (κ1) is 19.9. The summed E-state index contributed by atoms with van der Waals surface area (Å²) in [6.45, 7) is 8.22. The summed E-state index contributed by atoms with van der Waals surface area (Å²) in [5.74, 6) is 3.57. The highest BCUT2D eigenvalue weighted by Crippen LogP contribution is 2.36. The Bertz CT molecular complexity index is 647. The van der Waals surface area contributed by atoms with Gasteiger partial charge >= 0.3 is 0 Å².